The molecule has 0 spiro atoms. The van der Waals surface area contributed by atoms with Gasteiger partial charge in [-0.05, 0) is 36.1 Å². The van der Waals surface area contributed by atoms with Gasteiger partial charge in [0.1, 0.15) is 0 Å². The van der Waals surface area contributed by atoms with Gasteiger partial charge < -0.3 is 5.32 Å². The molecule has 1 heterocycles. The number of carbonyl (C=O) groups is 1. The van der Waals surface area contributed by atoms with Crippen LogP contribution < -0.4 is 5.32 Å². The summed E-state index contributed by atoms with van der Waals surface area (Å²) >= 11 is 12.0. The Morgan fingerprint density at radius 3 is 2.59 bits per heavy atom. The van der Waals surface area contributed by atoms with E-state index in [-0.39, 0.29) is 5.91 Å². The van der Waals surface area contributed by atoms with Gasteiger partial charge in [0.2, 0.25) is 0 Å². The Kier molecular flexibility index (Phi) is 5.81. The molecular formula is C17H18Cl2N2O. The number of nitrogens with one attached hydrogen (secondary N) is 1. The zero-order chi connectivity index (χ0) is 16.1. The number of pyridine rings is 1. The minimum atomic E-state index is -0.116. The Morgan fingerprint density at radius 2 is 1.91 bits per heavy atom. The van der Waals surface area contributed by atoms with Gasteiger partial charge in [0, 0.05) is 24.5 Å². The van der Waals surface area contributed by atoms with Gasteiger partial charge in [-0.25, -0.2) is 0 Å². The molecule has 0 aliphatic heterocycles. The first kappa shape index (κ1) is 16.8. The highest BCUT2D eigenvalue weighted by molar-refractivity contribution is 6.42. The van der Waals surface area contributed by atoms with Crippen LogP contribution in [0.4, 0.5) is 0 Å². The number of halogens is 2. The van der Waals surface area contributed by atoms with Crippen LogP contribution in [0.25, 0.3) is 11.1 Å². The van der Waals surface area contributed by atoms with Crippen molar-refractivity contribution < 1.29 is 4.79 Å². The third kappa shape index (κ3) is 4.46. The van der Waals surface area contributed by atoms with Crippen LogP contribution in [-0.2, 0) is 0 Å². The van der Waals surface area contributed by atoms with E-state index in [9.17, 15) is 4.79 Å². The fourth-order valence-electron chi connectivity index (χ4n) is 1.97. The molecule has 0 radical (unpaired) electrons. The molecule has 22 heavy (non-hydrogen) atoms. The van der Waals surface area contributed by atoms with Crippen LogP contribution in [0.5, 0.6) is 0 Å². The Morgan fingerprint density at radius 1 is 1.14 bits per heavy atom. The average Bonchev–Trinajstić information content (AvgIpc) is 2.49. The Balaban J connectivity index is 2.15. The second-order valence-electron chi connectivity index (χ2n) is 5.53. The molecular weight excluding hydrogens is 319 g/mol. The molecule has 1 N–H and O–H groups in total. The first-order chi connectivity index (χ1) is 10.5. The molecule has 0 unspecified atom stereocenters. The molecule has 0 atom stereocenters. The van der Waals surface area contributed by atoms with Crippen molar-refractivity contribution in [2.45, 2.75) is 20.3 Å². The van der Waals surface area contributed by atoms with E-state index in [1.165, 1.54) is 0 Å². The monoisotopic (exact) mass is 336 g/mol. The molecule has 0 saturated carbocycles. The van der Waals surface area contributed by atoms with Crippen molar-refractivity contribution in [2.24, 2.45) is 5.92 Å². The number of rotatable bonds is 5. The standard InChI is InChI=1S/C17H18Cl2N2O/c1-11(2)5-6-21-17(22)14-7-13(9-20-10-14)12-3-4-15(18)16(19)8-12/h3-4,7-11H,5-6H2,1-2H3,(H,21,22). The van der Waals surface area contributed by atoms with E-state index >= 15 is 0 Å². The van der Waals surface area contributed by atoms with Gasteiger partial charge in [-0.15, -0.1) is 0 Å². The third-order valence-electron chi connectivity index (χ3n) is 3.26. The maximum Gasteiger partial charge on any atom is 0.252 e. The van der Waals surface area contributed by atoms with Crippen LogP contribution in [0.15, 0.2) is 36.7 Å². The lowest BCUT2D eigenvalue weighted by molar-refractivity contribution is 0.0951. The van der Waals surface area contributed by atoms with Crippen LogP contribution >= 0.6 is 23.2 Å². The molecule has 2 rings (SSSR count). The maximum atomic E-state index is 12.1. The number of carbonyl (C=O) groups excluding carboxylic acids is 1. The highest BCUT2D eigenvalue weighted by Crippen LogP contribution is 2.28. The highest BCUT2D eigenvalue weighted by atomic mass is 35.5. The smallest absolute Gasteiger partial charge is 0.252 e. The molecule has 0 fully saturated rings. The second kappa shape index (κ2) is 7.61. The van der Waals surface area contributed by atoms with Gasteiger partial charge in [0.15, 0.2) is 0 Å². The van der Waals surface area contributed by atoms with E-state index < -0.39 is 0 Å². The average molecular weight is 337 g/mol. The molecule has 116 valence electrons. The molecule has 0 aliphatic carbocycles. The quantitative estimate of drug-likeness (QED) is 0.849. The van der Waals surface area contributed by atoms with Crippen LogP contribution in [0.2, 0.25) is 10.0 Å². The third-order valence-corrected chi connectivity index (χ3v) is 4.00. The van der Waals surface area contributed by atoms with Gasteiger partial charge in [-0.3, -0.25) is 9.78 Å². The van der Waals surface area contributed by atoms with Crippen LogP contribution in [-0.4, -0.2) is 17.4 Å². The van der Waals surface area contributed by atoms with Crippen molar-refractivity contribution in [3.05, 3.63) is 52.3 Å². The summed E-state index contributed by atoms with van der Waals surface area (Å²) in [6.07, 6.45) is 4.21. The van der Waals surface area contributed by atoms with Crippen LogP contribution in [0.1, 0.15) is 30.6 Å². The minimum Gasteiger partial charge on any atom is -0.352 e. The zero-order valence-electron chi connectivity index (χ0n) is 12.6. The molecule has 2 aromatic rings. The van der Waals surface area contributed by atoms with Gasteiger partial charge in [0.25, 0.3) is 5.91 Å². The topological polar surface area (TPSA) is 42.0 Å². The van der Waals surface area contributed by atoms with E-state index in [1.54, 1.807) is 30.6 Å². The fraction of sp³-hybridized carbons (Fsp3) is 0.294. The predicted molar refractivity (Wildman–Crippen MR) is 91.5 cm³/mol. The zero-order valence-corrected chi connectivity index (χ0v) is 14.1. The summed E-state index contributed by atoms with van der Waals surface area (Å²) in [4.78, 5) is 16.3. The minimum absolute atomic E-state index is 0.116. The summed E-state index contributed by atoms with van der Waals surface area (Å²) in [5.74, 6) is 0.441. The van der Waals surface area contributed by atoms with Gasteiger partial charge in [-0.1, -0.05) is 43.1 Å². The largest absolute Gasteiger partial charge is 0.352 e. The maximum absolute atomic E-state index is 12.1. The number of aromatic nitrogens is 1. The van der Waals surface area contributed by atoms with Gasteiger partial charge in [-0.2, -0.15) is 0 Å². The van der Waals surface area contributed by atoms with Gasteiger partial charge in [0.05, 0.1) is 15.6 Å². The molecule has 1 amide bonds. The molecule has 0 aliphatic rings. The summed E-state index contributed by atoms with van der Waals surface area (Å²) in [6.45, 7) is 4.91. The Labute approximate surface area is 140 Å². The molecule has 3 nitrogen and oxygen atoms in total. The number of amides is 1. The predicted octanol–water partition coefficient (Wildman–Crippen LogP) is 4.83. The van der Waals surface area contributed by atoms with Crippen molar-refractivity contribution >= 4 is 29.1 Å². The summed E-state index contributed by atoms with van der Waals surface area (Å²) in [5.41, 5.74) is 2.24. The van der Waals surface area contributed by atoms with E-state index in [0.29, 0.717) is 28.1 Å². The normalized spacial score (nSPS) is 10.8. The van der Waals surface area contributed by atoms with E-state index in [4.69, 9.17) is 23.2 Å². The lowest BCUT2D eigenvalue weighted by atomic mass is 10.1. The van der Waals surface area contributed by atoms with E-state index in [0.717, 1.165) is 17.5 Å². The van der Waals surface area contributed by atoms with Crippen molar-refractivity contribution in [3.63, 3.8) is 0 Å². The van der Waals surface area contributed by atoms with E-state index in [1.807, 2.05) is 6.07 Å². The molecule has 0 saturated heterocycles. The summed E-state index contributed by atoms with van der Waals surface area (Å²) < 4.78 is 0. The lowest BCUT2D eigenvalue weighted by Crippen LogP contribution is -2.25. The first-order valence-electron chi connectivity index (χ1n) is 7.16. The van der Waals surface area contributed by atoms with E-state index in [2.05, 4.69) is 24.1 Å². The van der Waals surface area contributed by atoms with Crippen molar-refractivity contribution in [1.82, 2.24) is 10.3 Å². The lowest BCUT2D eigenvalue weighted by Gasteiger charge is -2.08. The SMILES string of the molecule is CC(C)CCNC(=O)c1cncc(-c2ccc(Cl)c(Cl)c2)c1. The summed E-state index contributed by atoms with van der Waals surface area (Å²) in [6, 6.07) is 7.15. The number of benzene rings is 1. The molecule has 1 aromatic heterocycles. The molecule has 0 bridgehead atoms. The highest BCUT2D eigenvalue weighted by Gasteiger charge is 2.09. The van der Waals surface area contributed by atoms with Crippen molar-refractivity contribution in [1.29, 1.82) is 0 Å². The van der Waals surface area contributed by atoms with Crippen molar-refractivity contribution in [2.75, 3.05) is 6.54 Å². The molecule has 1 aromatic carbocycles. The summed E-state index contributed by atoms with van der Waals surface area (Å²) in [5, 5.41) is 3.88. The molecule has 5 heteroatoms. The van der Waals surface area contributed by atoms with Gasteiger partial charge >= 0.3 is 0 Å². The Bertz CT molecular complexity index is 671. The number of hydrogen-bond donors (Lipinski definition) is 1. The van der Waals surface area contributed by atoms with Crippen LogP contribution in [0.3, 0.4) is 0 Å². The second-order valence-corrected chi connectivity index (χ2v) is 6.34. The van der Waals surface area contributed by atoms with Crippen LogP contribution in [0, 0.1) is 5.92 Å². The Hall–Kier alpha value is -1.58. The number of hydrogen-bond acceptors (Lipinski definition) is 2. The van der Waals surface area contributed by atoms with Crippen molar-refractivity contribution in [3.8, 4) is 11.1 Å². The first-order valence-corrected chi connectivity index (χ1v) is 7.91. The fourth-order valence-corrected chi connectivity index (χ4v) is 2.27. The number of nitrogens with zero attached hydrogens (tertiary/aromatic N) is 1. The summed E-state index contributed by atoms with van der Waals surface area (Å²) in [7, 11) is 0.